The minimum atomic E-state index is 0.656. The molecule has 0 fully saturated rings. The zero-order valence-electron chi connectivity index (χ0n) is 23.9. The molecule has 5 rings (SSSR count). The van der Waals surface area contributed by atoms with Crippen molar-refractivity contribution in [1.29, 1.82) is 0 Å². The van der Waals surface area contributed by atoms with Gasteiger partial charge >= 0.3 is 0 Å². The Kier molecular flexibility index (Phi) is 9.34. The van der Waals surface area contributed by atoms with Gasteiger partial charge in [0.15, 0.2) is 0 Å². The predicted molar refractivity (Wildman–Crippen MR) is 171 cm³/mol. The van der Waals surface area contributed by atoms with Crippen molar-refractivity contribution in [2.75, 3.05) is 19.8 Å². The molecule has 208 valence electrons. The van der Waals surface area contributed by atoms with E-state index in [1.165, 1.54) is 0 Å². The first kappa shape index (κ1) is 28.1. The van der Waals surface area contributed by atoms with Crippen molar-refractivity contribution < 1.29 is 14.2 Å². The summed E-state index contributed by atoms with van der Waals surface area (Å²) in [7, 11) is 0. The number of benzene rings is 5. The van der Waals surface area contributed by atoms with Crippen LogP contribution < -0.4 is 14.2 Å². The Morgan fingerprint density at radius 3 is 1.70 bits per heavy atom. The van der Waals surface area contributed by atoms with E-state index in [0.717, 1.165) is 99.2 Å². The topological polar surface area (TPSA) is 27.7 Å². The normalized spacial score (nSPS) is 11.4. The van der Waals surface area contributed by atoms with Gasteiger partial charge < -0.3 is 14.2 Å². The van der Waals surface area contributed by atoms with Crippen LogP contribution in [0.2, 0.25) is 5.02 Å². The summed E-state index contributed by atoms with van der Waals surface area (Å²) in [5, 5.41) is 7.13. The lowest BCUT2D eigenvalue weighted by molar-refractivity contribution is 0.307. The van der Waals surface area contributed by atoms with Crippen LogP contribution in [0.15, 0.2) is 72.8 Å². The molecule has 40 heavy (non-hydrogen) atoms. The SMILES string of the molecule is CCCCOc1cc(-c2c3ccccc3c(OCCCC)c3cc(Cl)ccc23)c(OCCCC)c2ccccc12. The molecule has 0 aliphatic carbocycles. The number of hydrogen-bond donors (Lipinski definition) is 0. The molecule has 0 N–H and O–H groups in total. The smallest absolute Gasteiger partial charge is 0.135 e. The van der Waals surface area contributed by atoms with Crippen LogP contribution >= 0.6 is 11.6 Å². The lowest BCUT2D eigenvalue weighted by atomic mass is 9.89. The molecule has 3 nitrogen and oxygen atoms in total. The first-order valence-corrected chi connectivity index (χ1v) is 15.1. The fourth-order valence-corrected chi connectivity index (χ4v) is 5.47. The lowest BCUT2D eigenvalue weighted by Gasteiger charge is -2.22. The van der Waals surface area contributed by atoms with Gasteiger partial charge in [-0.1, -0.05) is 106 Å². The van der Waals surface area contributed by atoms with E-state index in [9.17, 15) is 0 Å². The predicted octanol–water partition coefficient (Wildman–Crippen LogP) is 11.0. The van der Waals surface area contributed by atoms with E-state index in [1.54, 1.807) is 0 Å². The van der Waals surface area contributed by atoms with Gasteiger partial charge in [0, 0.05) is 37.7 Å². The molecule has 0 amide bonds. The summed E-state index contributed by atoms with van der Waals surface area (Å²) >= 11 is 6.59. The highest BCUT2D eigenvalue weighted by molar-refractivity contribution is 6.32. The number of rotatable bonds is 13. The molecular weight excluding hydrogens is 516 g/mol. The third-order valence-corrected chi connectivity index (χ3v) is 7.64. The van der Waals surface area contributed by atoms with Gasteiger partial charge in [-0.15, -0.1) is 0 Å². The Labute approximate surface area is 243 Å². The van der Waals surface area contributed by atoms with Gasteiger partial charge in [-0.05, 0) is 48.2 Å². The molecule has 0 radical (unpaired) electrons. The molecule has 0 saturated carbocycles. The number of fused-ring (bicyclic) bond motifs is 3. The molecule has 0 atom stereocenters. The second-order valence-electron chi connectivity index (χ2n) is 10.3. The van der Waals surface area contributed by atoms with Crippen LogP contribution in [0.25, 0.3) is 43.4 Å². The monoisotopic (exact) mass is 554 g/mol. The fraction of sp³-hybridized carbons (Fsp3) is 0.333. The van der Waals surface area contributed by atoms with Crippen LogP contribution in [-0.2, 0) is 0 Å². The summed E-state index contributed by atoms with van der Waals surface area (Å²) < 4.78 is 19.6. The first-order chi connectivity index (χ1) is 19.7. The summed E-state index contributed by atoms with van der Waals surface area (Å²) in [4.78, 5) is 0. The molecule has 0 aromatic heterocycles. The summed E-state index contributed by atoms with van der Waals surface area (Å²) in [6.45, 7) is 8.55. The quantitative estimate of drug-likeness (QED) is 0.107. The maximum atomic E-state index is 6.64. The molecule has 0 bridgehead atoms. The van der Waals surface area contributed by atoms with Crippen molar-refractivity contribution in [1.82, 2.24) is 0 Å². The maximum Gasteiger partial charge on any atom is 0.135 e. The molecule has 0 aliphatic heterocycles. The van der Waals surface area contributed by atoms with Gasteiger partial charge in [-0.2, -0.15) is 0 Å². The maximum absolute atomic E-state index is 6.64. The van der Waals surface area contributed by atoms with Crippen molar-refractivity contribution in [2.24, 2.45) is 0 Å². The summed E-state index contributed by atoms with van der Waals surface area (Å²) in [5.74, 6) is 2.67. The third kappa shape index (κ3) is 5.71. The Hall–Kier alpha value is -3.43. The van der Waals surface area contributed by atoms with E-state index in [4.69, 9.17) is 25.8 Å². The highest BCUT2D eigenvalue weighted by Crippen LogP contribution is 2.50. The van der Waals surface area contributed by atoms with E-state index < -0.39 is 0 Å². The highest BCUT2D eigenvalue weighted by Gasteiger charge is 2.22. The Balaban J connectivity index is 1.86. The van der Waals surface area contributed by atoms with Gasteiger partial charge in [0.05, 0.1) is 19.8 Å². The molecule has 5 aromatic carbocycles. The van der Waals surface area contributed by atoms with E-state index in [0.29, 0.717) is 24.8 Å². The second kappa shape index (κ2) is 13.3. The van der Waals surface area contributed by atoms with Crippen LogP contribution in [0.1, 0.15) is 59.3 Å². The lowest BCUT2D eigenvalue weighted by Crippen LogP contribution is -2.03. The Morgan fingerprint density at radius 1 is 0.525 bits per heavy atom. The summed E-state index contributed by atoms with van der Waals surface area (Å²) in [6.07, 6.45) is 6.22. The van der Waals surface area contributed by atoms with E-state index in [1.807, 2.05) is 12.1 Å². The Morgan fingerprint density at radius 2 is 1.05 bits per heavy atom. The van der Waals surface area contributed by atoms with Gasteiger partial charge in [0.25, 0.3) is 0 Å². The number of ether oxygens (including phenoxy) is 3. The number of hydrogen-bond acceptors (Lipinski definition) is 3. The van der Waals surface area contributed by atoms with Crippen LogP contribution in [0.5, 0.6) is 17.2 Å². The molecular formula is C36H39ClO3. The van der Waals surface area contributed by atoms with E-state index >= 15 is 0 Å². The van der Waals surface area contributed by atoms with E-state index in [2.05, 4.69) is 81.4 Å². The van der Waals surface area contributed by atoms with Gasteiger partial charge in [-0.3, -0.25) is 0 Å². The molecule has 0 spiro atoms. The second-order valence-corrected chi connectivity index (χ2v) is 10.8. The van der Waals surface area contributed by atoms with Gasteiger partial charge in [0.2, 0.25) is 0 Å². The van der Waals surface area contributed by atoms with Gasteiger partial charge in [-0.25, -0.2) is 0 Å². The van der Waals surface area contributed by atoms with Crippen molar-refractivity contribution in [3.8, 4) is 28.4 Å². The van der Waals surface area contributed by atoms with Crippen molar-refractivity contribution in [3.63, 3.8) is 0 Å². The zero-order chi connectivity index (χ0) is 27.9. The van der Waals surface area contributed by atoms with Crippen LogP contribution in [0, 0.1) is 0 Å². The van der Waals surface area contributed by atoms with Crippen LogP contribution in [-0.4, -0.2) is 19.8 Å². The molecule has 0 aliphatic rings. The molecule has 0 saturated heterocycles. The van der Waals surface area contributed by atoms with Crippen LogP contribution in [0.4, 0.5) is 0 Å². The average Bonchev–Trinajstić information content (AvgIpc) is 2.98. The molecule has 4 heteroatoms. The number of unbranched alkanes of at least 4 members (excludes halogenated alkanes) is 3. The fourth-order valence-electron chi connectivity index (χ4n) is 5.30. The summed E-state index contributed by atoms with van der Waals surface area (Å²) in [5.41, 5.74) is 2.15. The third-order valence-electron chi connectivity index (χ3n) is 7.41. The van der Waals surface area contributed by atoms with Crippen molar-refractivity contribution >= 4 is 43.9 Å². The zero-order valence-corrected chi connectivity index (χ0v) is 24.7. The minimum Gasteiger partial charge on any atom is -0.493 e. The largest absolute Gasteiger partial charge is 0.493 e. The standard InChI is InChI=1S/C36H39ClO3/c1-4-7-20-38-33-24-32(36(40-22-9-6-3)29-16-12-10-14-26(29)33)34-27-15-11-13-17-30(27)35(39-21-8-5-2)31-23-25(37)18-19-28(31)34/h10-19,23-24H,4-9,20-22H2,1-3H3. The summed E-state index contributed by atoms with van der Waals surface area (Å²) in [6, 6.07) is 25.3. The first-order valence-electron chi connectivity index (χ1n) is 14.8. The molecule has 5 aromatic rings. The van der Waals surface area contributed by atoms with Gasteiger partial charge in [0.1, 0.15) is 17.2 Å². The van der Waals surface area contributed by atoms with Crippen LogP contribution in [0.3, 0.4) is 0 Å². The Bertz CT molecular complexity index is 1610. The minimum absolute atomic E-state index is 0.656. The van der Waals surface area contributed by atoms with E-state index in [-0.39, 0.29) is 0 Å². The highest BCUT2D eigenvalue weighted by atomic mass is 35.5. The molecule has 0 heterocycles. The van der Waals surface area contributed by atoms with Crippen molar-refractivity contribution in [2.45, 2.75) is 59.3 Å². The van der Waals surface area contributed by atoms with Crippen molar-refractivity contribution in [3.05, 3.63) is 77.8 Å². The molecule has 0 unspecified atom stereocenters. The average molecular weight is 555 g/mol. The number of halogens is 1.